The smallest absolute Gasteiger partial charge is 0.221 e. The maximum Gasteiger partial charge on any atom is 0.221 e. The van der Waals surface area contributed by atoms with Gasteiger partial charge < -0.3 is 15.4 Å². The zero-order chi connectivity index (χ0) is 15.4. The third-order valence-corrected chi connectivity index (χ3v) is 2.75. The van der Waals surface area contributed by atoms with Gasteiger partial charge in [0.05, 0.1) is 12.8 Å². The second kappa shape index (κ2) is 6.21. The van der Waals surface area contributed by atoms with Crippen LogP contribution in [0.5, 0.6) is 5.75 Å². The van der Waals surface area contributed by atoms with Crippen LogP contribution in [0.3, 0.4) is 0 Å². The molecule has 6 nitrogen and oxygen atoms in total. The number of methoxy groups -OCH3 is 1. The van der Waals surface area contributed by atoms with Gasteiger partial charge in [0.15, 0.2) is 0 Å². The first kappa shape index (κ1) is 14.8. The highest BCUT2D eigenvalue weighted by Gasteiger charge is 2.07. The Morgan fingerprint density at radius 2 is 1.95 bits per heavy atom. The van der Waals surface area contributed by atoms with E-state index in [9.17, 15) is 4.79 Å². The SMILES string of the molecule is COc1ccc(Nc2cc(C)nc(C)n2)cc1NC(C)=O. The van der Waals surface area contributed by atoms with Crippen molar-refractivity contribution in [2.75, 3.05) is 17.7 Å². The van der Waals surface area contributed by atoms with Gasteiger partial charge in [-0.2, -0.15) is 0 Å². The minimum atomic E-state index is -0.154. The van der Waals surface area contributed by atoms with Gasteiger partial charge >= 0.3 is 0 Å². The van der Waals surface area contributed by atoms with Crippen LogP contribution in [0, 0.1) is 13.8 Å². The number of hydrogen-bond donors (Lipinski definition) is 2. The molecule has 1 aromatic carbocycles. The van der Waals surface area contributed by atoms with E-state index in [-0.39, 0.29) is 5.91 Å². The van der Waals surface area contributed by atoms with E-state index in [0.717, 1.165) is 11.4 Å². The summed E-state index contributed by atoms with van der Waals surface area (Å²) in [4.78, 5) is 19.8. The van der Waals surface area contributed by atoms with E-state index in [1.54, 1.807) is 19.2 Å². The minimum absolute atomic E-state index is 0.154. The van der Waals surface area contributed by atoms with Crippen LogP contribution in [0.25, 0.3) is 0 Å². The molecule has 0 spiro atoms. The topological polar surface area (TPSA) is 76.1 Å². The van der Waals surface area contributed by atoms with Crippen molar-refractivity contribution in [2.45, 2.75) is 20.8 Å². The second-order valence-electron chi connectivity index (χ2n) is 4.66. The van der Waals surface area contributed by atoms with Crippen LogP contribution in [-0.2, 0) is 4.79 Å². The van der Waals surface area contributed by atoms with Crippen LogP contribution in [0.2, 0.25) is 0 Å². The highest BCUT2D eigenvalue weighted by atomic mass is 16.5. The number of benzene rings is 1. The molecule has 2 aromatic rings. The number of rotatable bonds is 4. The molecule has 0 saturated carbocycles. The van der Waals surface area contributed by atoms with Crippen molar-refractivity contribution in [1.82, 2.24) is 9.97 Å². The fourth-order valence-corrected chi connectivity index (χ4v) is 2.00. The maximum atomic E-state index is 11.2. The number of aromatic nitrogens is 2. The summed E-state index contributed by atoms with van der Waals surface area (Å²) < 4.78 is 5.22. The summed E-state index contributed by atoms with van der Waals surface area (Å²) in [5.41, 5.74) is 2.30. The van der Waals surface area contributed by atoms with E-state index in [4.69, 9.17) is 4.74 Å². The average Bonchev–Trinajstić information content (AvgIpc) is 2.37. The lowest BCUT2D eigenvalue weighted by molar-refractivity contribution is -0.114. The molecule has 1 heterocycles. The van der Waals surface area contributed by atoms with E-state index >= 15 is 0 Å². The standard InChI is InChI=1S/C15H18N4O2/c1-9-7-15(17-10(2)16-9)19-12-5-6-14(21-4)13(8-12)18-11(3)20/h5-8H,1-4H3,(H,18,20)(H,16,17,19). The first-order valence-electron chi connectivity index (χ1n) is 6.53. The monoisotopic (exact) mass is 286 g/mol. The first-order valence-corrected chi connectivity index (χ1v) is 6.53. The van der Waals surface area contributed by atoms with Gasteiger partial charge in [0, 0.05) is 24.4 Å². The van der Waals surface area contributed by atoms with Crippen LogP contribution in [0.1, 0.15) is 18.4 Å². The molecular weight excluding hydrogens is 268 g/mol. The Morgan fingerprint density at radius 3 is 2.57 bits per heavy atom. The van der Waals surface area contributed by atoms with Gasteiger partial charge in [0.2, 0.25) is 5.91 Å². The first-order chi connectivity index (χ1) is 9.97. The highest BCUT2D eigenvalue weighted by Crippen LogP contribution is 2.29. The van der Waals surface area contributed by atoms with E-state index < -0.39 is 0 Å². The zero-order valence-electron chi connectivity index (χ0n) is 12.5. The van der Waals surface area contributed by atoms with Crippen molar-refractivity contribution in [1.29, 1.82) is 0 Å². The molecule has 0 bridgehead atoms. The van der Waals surface area contributed by atoms with Crippen LogP contribution >= 0.6 is 0 Å². The number of nitrogens with zero attached hydrogens (tertiary/aromatic N) is 2. The van der Waals surface area contributed by atoms with Crippen molar-refractivity contribution in [3.05, 3.63) is 35.8 Å². The summed E-state index contributed by atoms with van der Waals surface area (Å²) in [5.74, 6) is 1.86. The molecule has 2 N–H and O–H groups in total. The van der Waals surface area contributed by atoms with Crippen molar-refractivity contribution >= 4 is 23.1 Å². The number of ether oxygens (including phenoxy) is 1. The normalized spacial score (nSPS) is 10.1. The molecule has 0 aliphatic heterocycles. The summed E-state index contributed by atoms with van der Waals surface area (Å²) in [6.45, 7) is 5.21. The fraction of sp³-hybridized carbons (Fsp3) is 0.267. The predicted molar refractivity (Wildman–Crippen MR) is 82.1 cm³/mol. The lowest BCUT2D eigenvalue weighted by Gasteiger charge is -2.12. The Bertz CT molecular complexity index is 650. The van der Waals surface area contributed by atoms with Crippen LogP contribution in [0.15, 0.2) is 24.3 Å². The number of aryl methyl sites for hydroxylation is 2. The summed E-state index contributed by atoms with van der Waals surface area (Å²) in [5, 5.41) is 5.93. The van der Waals surface area contributed by atoms with E-state index in [1.165, 1.54) is 6.92 Å². The van der Waals surface area contributed by atoms with Gasteiger partial charge in [-0.15, -0.1) is 0 Å². The third kappa shape index (κ3) is 3.92. The summed E-state index contributed by atoms with van der Waals surface area (Å²) in [6.07, 6.45) is 0. The minimum Gasteiger partial charge on any atom is -0.495 e. The number of nitrogens with one attached hydrogen (secondary N) is 2. The lowest BCUT2D eigenvalue weighted by atomic mass is 10.2. The van der Waals surface area contributed by atoms with Crippen LogP contribution in [0.4, 0.5) is 17.2 Å². The molecule has 2 rings (SSSR count). The summed E-state index contributed by atoms with van der Waals surface area (Å²) in [6, 6.07) is 7.30. The number of carbonyl (C=O) groups is 1. The van der Waals surface area contributed by atoms with Gasteiger partial charge in [-0.1, -0.05) is 0 Å². The van der Waals surface area contributed by atoms with Crippen molar-refractivity contribution in [3.63, 3.8) is 0 Å². The Labute approximate surface area is 123 Å². The molecule has 0 saturated heterocycles. The van der Waals surface area contributed by atoms with E-state index in [0.29, 0.717) is 23.1 Å². The molecule has 1 amide bonds. The van der Waals surface area contributed by atoms with E-state index in [2.05, 4.69) is 20.6 Å². The molecule has 110 valence electrons. The van der Waals surface area contributed by atoms with Crippen molar-refractivity contribution in [3.8, 4) is 5.75 Å². The van der Waals surface area contributed by atoms with Gasteiger partial charge in [-0.25, -0.2) is 9.97 Å². The molecule has 0 atom stereocenters. The molecule has 21 heavy (non-hydrogen) atoms. The van der Waals surface area contributed by atoms with Crippen LogP contribution in [-0.4, -0.2) is 23.0 Å². The van der Waals surface area contributed by atoms with Gasteiger partial charge in [-0.3, -0.25) is 4.79 Å². The molecule has 0 unspecified atom stereocenters. The van der Waals surface area contributed by atoms with E-state index in [1.807, 2.05) is 26.0 Å². The number of carbonyl (C=O) groups excluding carboxylic acids is 1. The molecule has 0 radical (unpaired) electrons. The molecule has 0 aliphatic rings. The van der Waals surface area contributed by atoms with Gasteiger partial charge in [0.1, 0.15) is 17.4 Å². The predicted octanol–water partition coefficient (Wildman–Crippen LogP) is 2.80. The van der Waals surface area contributed by atoms with Gasteiger partial charge in [0.25, 0.3) is 0 Å². The number of amides is 1. The van der Waals surface area contributed by atoms with Crippen molar-refractivity contribution in [2.24, 2.45) is 0 Å². The van der Waals surface area contributed by atoms with Crippen LogP contribution < -0.4 is 15.4 Å². The third-order valence-electron chi connectivity index (χ3n) is 2.75. The second-order valence-corrected chi connectivity index (χ2v) is 4.66. The molecule has 0 fully saturated rings. The Balaban J connectivity index is 2.29. The Kier molecular flexibility index (Phi) is 4.37. The quantitative estimate of drug-likeness (QED) is 0.903. The molecule has 6 heteroatoms. The number of anilines is 3. The van der Waals surface area contributed by atoms with Gasteiger partial charge in [-0.05, 0) is 32.0 Å². The summed E-state index contributed by atoms with van der Waals surface area (Å²) >= 11 is 0. The average molecular weight is 286 g/mol. The largest absolute Gasteiger partial charge is 0.495 e. The lowest BCUT2D eigenvalue weighted by Crippen LogP contribution is -2.07. The molecule has 0 aliphatic carbocycles. The highest BCUT2D eigenvalue weighted by molar-refractivity contribution is 5.91. The fourth-order valence-electron chi connectivity index (χ4n) is 2.00. The Hall–Kier alpha value is -2.63. The zero-order valence-corrected chi connectivity index (χ0v) is 12.5. The maximum absolute atomic E-state index is 11.2. The number of hydrogen-bond acceptors (Lipinski definition) is 5. The Morgan fingerprint density at radius 1 is 1.19 bits per heavy atom. The molecule has 1 aromatic heterocycles. The molecular formula is C15H18N4O2. The summed E-state index contributed by atoms with van der Waals surface area (Å²) in [7, 11) is 1.56. The van der Waals surface area contributed by atoms with Crippen molar-refractivity contribution < 1.29 is 9.53 Å².